The molecule has 8 heteroatoms. The van der Waals surface area contributed by atoms with Crippen molar-refractivity contribution in [3.63, 3.8) is 0 Å². The van der Waals surface area contributed by atoms with Crippen LogP contribution in [0.3, 0.4) is 0 Å². The van der Waals surface area contributed by atoms with E-state index >= 15 is 0 Å². The Morgan fingerprint density at radius 2 is 1.95 bits per heavy atom. The van der Waals surface area contributed by atoms with Gasteiger partial charge in [-0.3, -0.25) is 9.59 Å². The number of nitrogens with zero attached hydrogens (tertiary/aromatic N) is 1. The monoisotopic (exact) mass is 350 g/mol. The molecule has 0 aliphatic carbocycles. The number of thiazole rings is 1. The van der Waals surface area contributed by atoms with Crippen LogP contribution in [0, 0.1) is 0 Å². The van der Waals surface area contributed by atoms with Crippen molar-refractivity contribution in [2.75, 3.05) is 6.61 Å². The summed E-state index contributed by atoms with van der Waals surface area (Å²) in [6, 6.07) is 7.69. The summed E-state index contributed by atoms with van der Waals surface area (Å²) in [5.74, 6) is -0.850. The number of rotatable bonds is 6. The number of carbonyl (C=O) groups excluding carboxylic acids is 2. The molecule has 0 saturated carbocycles. The van der Waals surface area contributed by atoms with E-state index in [0.29, 0.717) is 10.9 Å². The van der Waals surface area contributed by atoms with Gasteiger partial charge in [0.05, 0.1) is 29.7 Å². The van der Waals surface area contributed by atoms with Crippen LogP contribution in [0.15, 0.2) is 28.6 Å². The number of hydrogen-bond acceptors (Lipinski definition) is 7. The van der Waals surface area contributed by atoms with Crippen molar-refractivity contribution in [1.82, 2.24) is 4.98 Å². The average Bonchev–Trinajstić information content (AvgIpc) is 2.86. The van der Waals surface area contributed by atoms with Gasteiger partial charge in [0, 0.05) is 51.4 Å². The van der Waals surface area contributed by atoms with Gasteiger partial charge in [-0.2, -0.15) is 0 Å². The number of ether oxygens (including phenoxy) is 1. The molecule has 2 aromatic rings. The number of para-hydroxylation sites is 1. The first-order chi connectivity index (χ1) is 9.69. The Hall–Kier alpha value is 0.0364. The minimum Gasteiger partial charge on any atom is -0.466 e. The zero-order valence-corrected chi connectivity index (χ0v) is 16.6. The van der Waals surface area contributed by atoms with E-state index in [1.165, 1.54) is 11.3 Å². The van der Waals surface area contributed by atoms with Crippen molar-refractivity contribution >= 4 is 96.9 Å². The third kappa shape index (κ3) is 6.35. The molecule has 0 N–H and O–H groups in total. The first-order valence-electron chi connectivity index (χ1n) is 6.07. The molecule has 0 spiro atoms. The normalized spacial score (nSPS) is 9.95. The minimum absolute atomic E-state index is 0. The third-order valence-corrected chi connectivity index (χ3v) is 4.11. The molecule has 21 heavy (non-hydrogen) atoms. The van der Waals surface area contributed by atoms with Gasteiger partial charge in [0.15, 0.2) is 4.34 Å². The summed E-state index contributed by atoms with van der Waals surface area (Å²) in [7, 11) is 0. The summed E-state index contributed by atoms with van der Waals surface area (Å²) in [4.78, 5) is 26.9. The summed E-state index contributed by atoms with van der Waals surface area (Å²) in [6.45, 7) is 2.04. The number of carbonyl (C=O) groups is 2. The molecule has 1 aromatic carbocycles. The molecule has 0 aliphatic heterocycles. The number of benzene rings is 1. The molecule has 0 amide bonds. The Morgan fingerprint density at radius 1 is 1.24 bits per heavy atom. The van der Waals surface area contributed by atoms with E-state index in [4.69, 9.17) is 8.92 Å². The molecule has 5 nitrogen and oxygen atoms in total. The van der Waals surface area contributed by atoms with E-state index in [1.807, 2.05) is 24.3 Å². The maximum atomic E-state index is 11.5. The number of esters is 1. The van der Waals surface area contributed by atoms with E-state index < -0.39 is 11.9 Å². The molecule has 1 radical (unpaired) electrons. The van der Waals surface area contributed by atoms with Gasteiger partial charge in [-0.15, -0.1) is 11.3 Å². The maximum Gasteiger partial charge on any atom is 0.318 e. The Balaban J connectivity index is 0.00000220. The topological polar surface area (TPSA) is 65.5 Å². The SMILES string of the molecule is CCOC(=O)CCC(=O)OSc1nc2ccccc2s1.[K]. The number of aromatic nitrogens is 1. The van der Waals surface area contributed by atoms with Gasteiger partial charge in [0.25, 0.3) is 0 Å². The fourth-order valence-electron chi connectivity index (χ4n) is 1.45. The predicted octanol–water partition coefficient (Wildman–Crippen LogP) is 2.81. The second-order valence-corrected chi connectivity index (χ2v) is 5.80. The molecule has 107 valence electrons. The summed E-state index contributed by atoms with van der Waals surface area (Å²) < 4.78 is 11.4. The van der Waals surface area contributed by atoms with Gasteiger partial charge in [-0.05, 0) is 19.1 Å². The van der Waals surface area contributed by atoms with Crippen LogP contribution in [0.1, 0.15) is 19.8 Å². The van der Waals surface area contributed by atoms with Gasteiger partial charge in [-0.25, -0.2) is 4.98 Å². The summed E-state index contributed by atoms with van der Waals surface area (Å²) in [5.41, 5.74) is 0.877. The van der Waals surface area contributed by atoms with Crippen molar-refractivity contribution in [2.24, 2.45) is 0 Å². The number of hydrogen-bond donors (Lipinski definition) is 0. The fourth-order valence-corrected chi connectivity index (χ4v) is 3.04. The molecule has 0 aliphatic rings. The van der Waals surface area contributed by atoms with Crippen LogP contribution in [0.4, 0.5) is 0 Å². The second-order valence-electron chi connectivity index (χ2n) is 3.79. The van der Waals surface area contributed by atoms with Gasteiger partial charge in [0.2, 0.25) is 0 Å². The second kappa shape index (κ2) is 9.93. The minimum atomic E-state index is -0.456. The smallest absolute Gasteiger partial charge is 0.318 e. The molecule has 0 bridgehead atoms. The fraction of sp³-hybridized carbons (Fsp3) is 0.308. The first kappa shape index (κ1) is 19.1. The molecule has 0 atom stereocenters. The van der Waals surface area contributed by atoms with Crippen LogP contribution in [0.2, 0.25) is 0 Å². The summed E-state index contributed by atoms with van der Waals surface area (Å²) in [5, 5.41) is 0. The Morgan fingerprint density at radius 3 is 2.67 bits per heavy atom. The third-order valence-electron chi connectivity index (χ3n) is 2.32. The van der Waals surface area contributed by atoms with E-state index in [0.717, 1.165) is 22.3 Å². The molecule has 0 unspecified atom stereocenters. The van der Waals surface area contributed by atoms with Crippen LogP contribution in [-0.2, 0) is 18.5 Å². The average molecular weight is 350 g/mol. The van der Waals surface area contributed by atoms with E-state index in [9.17, 15) is 9.59 Å². The van der Waals surface area contributed by atoms with Crippen LogP contribution in [0.5, 0.6) is 0 Å². The zero-order valence-electron chi connectivity index (χ0n) is 11.8. The van der Waals surface area contributed by atoms with E-state index in [-0.39, 0.29) is 64.2 Å². The molecular formula is C13H13KNO4S2. The molecular weight excluding hydrogens is 337 g/mol. The van der Waals surface area contributed by atoms with Crippen molar-refractivity contribution in [2.45, 2.75) is 24.1 Å². The van der Waals surface area contributed by atoms with Crippen LogP contribution >= 0.6 is 23.4 Å². The van der Waals surface area contributed by atoms with Crippen molar-refractivity contribution in [1.29, 1.82) is 0 Å². The van der Waals surface area contributed by atoms with Gasteiger partial charge in [-0.1, -0.05) is 12.1 Å². The molecule has 0 saturated heterocycles. The van der Waals surface area contributed by atoms with E-state index in [2.05, 4.69) is 4.98 Å². The molecule has 1 heterocycles. The van der Waals surface area contributed by atoms with Gasteiger partial charge < -0.3 is 8.92 Å². The van der Waals surface area contributed by atoms with Gasteiger partial charge in [0.1, 0.15) is 12.0 Å². The summed E-state index contributed by atoms with van der Waals surface area (Å²) in [6.07, 6.45) is 0.0454. The maximum absolute atomic E-state index is 11.5. The quantitative estimate of drug-likeness (QED) is 0.453. The molecule has 1 aromatic heterocycles. The zero-order chi connectivity index (χ0) is 14.4. The number of fused-ring (bicyclic) bond motifs is 1. The molecule has 0 fully saturated rings. The standard InChI is InChI=1S/C13H13NO4S2.K/c1-2-17-11(15)7-8-12(16)18-20-13-14-9-5-3-4-6-10(9)19-13;/h3-6H,2,7-8H2,1H3;. The van der Waals surface area contributed by atoms with Crippen molar-refractivity contribution < 1.29 is 18.5 Å². The first-order valence-corrected chi connectivity index (χ1v) is 7.63. The van der Waals surface area contributed by atoms with Crippen molar-refractivity contribution in [3.05, 3.63) is 24.3 Å². The summed E-state index contributed by atoms with van der Waals surface area (Å²) >= 11 is 2.38. The van der Waals surface area contributed by atoms with Crippen molar-refractivity contribution in [3.8, 4) is 0 Å². The molecule has 2 rings (SSSR count). The largest absolute Gasteiger partial charge is 0.466 e. The van der Waals surface area contributed by atoms with Gasteiger partial charge >= 0.3 is 11.9 Å². The van der Waals surface area contributed by atoms with E-state index in [1.54, 1.807) is 6.92 Å². The predicted molar refractivity (Wildman–Crippen MR) is 83.2 cm³/mol. The van der Waals surface area contributed by atoms with Crippen LogP contribution in [0.25, 0.3) is 10.2 Å². The Bertz CT molecular complexity index is 584. The van der Waals surface area contributed by atoms with Crippen LogP contribution < -0.4 is 0 Å². The Labute approximate surface area is 173 Å². The Kier molecular flexibility index (Phi) is 9.03. The van der Waals surface area contributed by atoms with Crippen LogP contribution in [-0.4, -0.2) is 74.9 Å².